The van der Waals surface area contributed by atoms with Crippen molar-refractivity contribution in [1.29, 1.82) is 0 Å². The van der Waals surface area contributed by atoms with Crippen molar-refractivity contribution in [3.8, 4) is 11.5 Å². The lowest BCUT2D eigenvalue weighted by atomic mass is 10.1. The molecule has 1 aromatic rings. The van der Waals surface area contributed by atoms with Gasteiger partial charge in [-0.2, -0.15) is 0 Å². The molecule has 0 aliphatic carbocycles. The molecule has 0 fully saturated rings. The number of rotatable bonds is 0. The van der Waals surface area contributed by atoms with Crippen LogP contribution in [0.25, 0.3) is 0 Å². The standard InChI is InChI=1S/C10H7NO4/c12-9-5-1-2-6-8(15-4-3-14-6)7(5)10(13)11-9/h1-2H,3-4H2,(H,11,12,13). The number of hydrogen-bond acceptors (Lipinski definition) is 4. The number of amides is 2. The first-order valence-corrected chi connectivity index (χ1v) is 4.55. The number of carbonyl (C=O) groups is 2. The first kappa shape index (κ1) is 8.28. The molecule has 1 aromatic carbocycles. The van der Waals surface area contributed by atoms with Crippen LogP contribution in [0.5, 0.6) is 11.5 Å². The zero-order valence-electron chi connectivity index (χ0n) is 7.70. The lowest BCUT2D eigenvalue weighted by Gasteiger charge is -2.19. The molecule has 0 unspecified atom stereocenters. The van der Waals surface area contributed by atoms with Crippen LogP contribution in [-0.4, -0.2) is 25.0 Å². The van der Waals surface area contributed by atoms with E-state index in [0.29, 0.717) is 30.3 Å². The molecule has 2 amide bonds. The smallest absolute Gasteiger partial charge is 0.262 e. The van der Waals surface area contributed by atoms with Crippen molar-refractivity contribution in [2.75, 3.05) is 13.2 Å². The molecule has 5 heteroatoms. The van der Waals surface area contributed by atoms with Gasteiger partial charge in [0.2, 0.25) is 0 Å². The minimum absolute atomic E-state index is 0.289. The summed E-state index contributed by atoms with van der Waals surface area (Å²) >= 11 is 0. The Morgan fingerprint density at radius 3 is 2.73 bits per heavy atom. The normalized spacial score (nSPS) is 17.3. The largest absolute Gasteiger partial charge is 0.486 e. The molecular formula is C10H7NO4. The number of ether oxygens (including phenoxy) is 2. The summed E-state index contributed by atoms with van der Waals surface area (Å²) < 4.78 is 10.7. The zero-order chi connectivity index (χ0) is 10.4. The summed E-state index contributed by atoms with van der Waals surface area (Å²) in [4.78, 5) is 22.8. The molecule has 2 heterocycles. The van der Waals surface area contributed by atoms with Crippen LogP contribution in [0.2, 0.25) is 0 Å². The van der Waals surface area contributed by atoms with Crippen LogP contribution in [0.3, 0.4) is 0 Å². The second-order valence-corrected chi connectivity index (χ2v) is 3.30. The molecule has 2 aliphatic rings. The van der Waals surface area contributed by atoms with Crippen LogP contribution < -0.4 is 14.8 Å². The summed E-state index contributed by atoms with van der Waals surface area (Å²) in [5.74, 6) is 0.0938. The summed E-state index contributed by atoms with van der Waals surface area (Å²) in [6, 6.07) is 3.22. The highest BCUT2D eigenvalue weighted by molar-refractivity contribution is 6.23. The van der Waals surface area contributed by atoms with Crippen molar-refractivity contribution in [3.63, 3.8) is 0 Å². The van der Waals surface area contributed by atoms with Gasteiger partial charge >= 0.3 is 0 Å². The molecule has 0 saturated heterocycles. The molecule has 15 heavy (non-hydrogen) atoms. The fourth-order valence-corrected chi connectivity index (χ4v) is 1.76. The van der Waals surface area contributed by atoms with E-state index in [2.05, 4.69) is 5.32 Å². The molecule has 5 nitrogen and oxygen atoms in total. The summed E-state index contributed by atoms with van der Waals surface area (Å²) in [6.45, 7) is 0.853. The number of hydrogen-bond donors (Lipinski definition) is 1. The molecular weight excluding hydrogens is 198 g/mol. The topological polar surface area (TPSA) is 64.6 Å². The van der Waals surface area contributed by atoms with E-state index in [4.69, 9.17) is 9.47 Å². The number of imide groups is 1. The van der Waals surface area contributed by atoms with Gasteiger partial charge in [0.1, 0.15) is 13.2 Å². The SMILES string of the molecule is O=C1NC(=O)c2c1ccc1c2OCCO1. The quantitative estimate of drug-likeness (QED) is 0.620. The average Bonchev–Trinajstić information content (AvgIpc) is 2.55. The van der Waals surface area contributed by atoms with E-state index in [1.807, 2.05) is 0 Å². The van der Waals surface area contributed by atoms with Crippen molar-refractivity contribution in [3.05, 3.63) is 23.3 Å². The monoisotopic (exact) mass is 205 g/mol. The molecule has 1 N–H and O–H groups in total. The van der Waals surface area contributed by atoms with Crippen LogP contribution in [-0.2, 0) is 0 Å². The number of nitrogens with one attached hydrogen (secondary N) is 1. The van der Waals surface area contributed by atoms with Gasteiger partial charge in [0.15, 0.2) is 11.5 Å². The second-order valence-electron chi connectivity index (χ2n) is 3.30. The van der Waals surface area contributed by atoms with Gasteiger partial charge in [0.05, 0.1) is 11.1 Å². The van der Waals surface area contributed by atoms with E-state index in [1.165, 1.54) is 0 Å². The highest BCUT2D eigenvalue weighted by Gasteiger charge is 2.33. The molecule has 0 bridgehead atoms. The van der Waals surface area contributed by atoms with Crippen LogP contribution in [0, 0.1) is 0 Å². The first-order valence-electron chi connectivity index (χ1n) is 4.55. The number of carbonyl (C=O) groups excluding carboxylic acids is 2. The van der Waals surface area contributed by atoms with Gasteiger partial charge in [0.25, 0.3) is 11.8 Å². The third kappa shape index (κ3) is 1.03. The Balaban J connectivity index is 2.27. The molecule has 0 spiro atoms. The van der Waals surface area contributed by atoms with E-state index in [-0.39, 0.29) is 11.5 Å². The predicted octanol–water partition coefficient (Wildman–Crippen LogP) is 0.341. The van der Waals surface area contributed by atoms with Crippen LogP contribution in [0.4, 0.5) is 0 Å². The summed E-state index contributed by atoms with van der Waals surface area (Å²) in [6.07, 6.45) is 0. The third-order valence-corrected chi connectivity index (χ3v) is 2.41. The Labute approximate surface area is 85.0 Å². The first-order chi connectivity index (χ1) is 7.27. The van der Waals surface area contributed by atoms with Gasteiger partial charge in [-0.25, -0.2) is 0 Å². The van der Waals surface area contributed by atoms with Crippen LogP contribution in [0.1, 0.15) is 20.7 Å². The van der Waals surface area contributed by atoms with Crippen molar-refractivity contribution < 1.29 is 19.1 Å². The van der Waals surface area contributed by atoms with Crippen LogP contribution >= 0.6 is 0 Å². The molecule has 2 aliphatic heterocycles. The molecule has 0 saturated carbocycles. The Morgan fingerprint density at radius 1 is 1.07 bits per heavy atom. The highest BCUT2D eigenvalue weighted by atomic mass is 16.6. The van der Waals surface area contributed by atoms with Gasteiger partial charge in [0, 0.05) is 0 Å². The second kappa shape index (κ2) is 2.73. The van der Waals surface area contributed by atoms with Crippen molar-refractivity contribution >= 4 is 11.8 Å². The van der Waals surface area contributed by atoms with E-state index in [0.717, 1.165) is 0 Å². The minimum atomic E-state index is -0.419. The van der Waals surface area contributed by atoms with Crippen molar-refractivity contribution in [1.82, 2.24) is 5.32 Å². The molecule has 3 rings (SSSR count). The fourth-order valence-electron chi connectivity index (χ4n) is 1.76. The van der Waals surface area contributed by atoms with Gasteiger partial charge < -0.3 is 9.47 Å². The highest BCUT2D eigenvalue weighted by Crippen LogP contribution is 2.37. The zero-order valence-corrected chi connectivity index (χ0v) is 7.70. The summed E-state index contributed by atoms with van der Waals surface area (Å²) in [7, 11) is 0. The van der Waals surface area contributed by atoms with Gasteiger partial charge in [-0.3, -0.25) is 14.9 Å². The lowest BCUT2D eigenvalue weighted by molar-refractivity contribution is 0.0877. The Morgan fingerprint density at radius 2 is 1.87 bits per heavy atom. The van der Waals surface area contributed by atoms with E-state index >= 15 is 0 Å². The Bertz CT molecular complexity index is 481. The maximum absolute atomic E-state index is 11.5. The summed E-state index contributed by atoms with van der Waals surface area (Å²) in [5.41, 5.74) is 0.640. The summed E-state index contributed by atoms with van der Waals surface area (Å²) in [5, 5.41) is 2.22. The lowest BCUT2D eigenvalue weighted by Crippen LogP contribution is -2.21. The number of fused-ring (bicyclic) bond motifs is 3. The van der Waals surface area contributed by atoms with E-state index in [9.17, 15) is 9.59 Å². The Hall–Kier alpha value is -2.04. The van der Waals surface area contributed by atoms with Gasteiger partial charge in [-0.1, -0.05) is 0 Å². The molecule has 76 valence electrons. The Kier molecular flexibility index (Phi) is 1.50. The fraction of sp³-hybridized carbons (Fsp3) is 0.200. The number of benzene rings is 1. The van der Waals surface area contributed by atoms with Gasteiger partial charge in [-0.15, -0.1) is 0 Å². The molecule has 0 aromatic heterocycles. The van der Waals surface area contributed by atoms with E-state index in [1.54, 1.807) is 12.1 Å². The molecule has 0 atom stereocenters. The van der Waals surface area contributed by atoms with E-state index < -0.39 is 5.91 Å². The third-order valence-electron chi connectivity index (χ3n) is 2.41. The maximum atomic E-state index is 11.5. The average molecular weight is 205 g/mol. The minimum Gasteiger partial charge on any atom is -0.486 e. The molecule has 0 radical (unpaired) electrons. The van der Waals surface area contributed by atoms with Crippen molar-refractivity contribution in [2.45, 2.75) is 0 Å². The van der Waals surface area contributed by atoms with Gasteiger partial charge in [-0.05, 0) is 12.1 Å². The predicted molar refractivity (Wildman–Crippen MR) is 49.2 cm³/mol. The van der Waals surface area contributed by atoms with Crippen molar-refractivity contribution in [2.24, 2.45) is 0 Å². The van der Waals surface area contributed by atoms with Crippen LogP contribution in [0.15, 0.2) is 12.1 Å². The maximum Gasteiger partial charge on any atom is 0.262 e.